The Morgan fingerprint density at radius 2 is 1.89 bits per heavy atom. The van der Waals surface area contributed by atoms with Crippen molar-refractivity contribution in [3.05, 3.63) is 71.2 Å². The normalized spacial score (nSPS) is 18.4. The molecule has 9 heteroatoms. The van der Waals surface area contributed by atoms with E-state index in [-0.39, 0.29) is 10.6 Å². The lowest BCUT2D eigenvalue weighted by Crippen LogP contribution is -2.45. The molecule has 2 aromatic rings. The maximum atomic E-state index is 13.2. The first-order chi connectivity index (χ1) is 17.4. The van der Waals surface area contributed by atoms with Gasteiger partial charge >= 0.3 is 5.97 Å². The van der Waals surface area contributed by atoms with Gasteiger partial charge in [0.2, 0.25) is 0 Å². The molecule has 36 heavy (non-hydrogen) atoms. The molecule has 2 aliphatic rings. The Labute approximate surface area is 215 Å². The number of methoxy groups -OCH3 is 1. The summed E-state index contributed by atoms with van der Waals surface area (Å²) < 4.78 is 23.0. The number of nitrogens with two attached hydrogens (primary N) is 1. The minimum Gasteiger partial charge on any atom is -0.493 e. The van der Waals surface area contributed by atoms with E-state index in [2.05, 4.69) is 6.07 Å². The van der Waals surface area contributed by atoms with Gasteiger partial charge in [0, 0.05) is 18.8 Å². The minimum absolute atomic E-state index is 0.128. The number of nitrogens with zero attached hydrogens (tertiary/aromatic N) is 1. The molecule has 4 rings (SSSR count). The smallest absolute Gasteiger partial charge is 0.345 e. The van der Waals surface area contributed by atoms with Crippen LogP contribution in [0.2, 0.25) is 0 Å². The Morgan fingerprint density at radius 1 is 1.17 bits per heavy atom. The highest BCUT2D eigenvalue weighted by molar-refractivity contribution is 7.80. The van der Waals surface area contributed by atoms with Crippen LogP contribution in [-0.2, 0) is 20.9 Å². The summed E-state index contributed by atoms with van der Waals surface area (Å²) in [4.78, 5) is 13.1. The molecule has 188 valence electrons. The van der Waals surface area contributed by atoms with E-state index in [0.29, 0.717) is 36.5 Å². The summed E-state index contributed by atoms with van der Waals surface area (Å²) in [5.41, 5.74) is 7.12. The topological polar surface area (TPSA) is 124 Å². The van der Waals surface area contributed by atoms with Gasteiger partial charge in [-0.2, -0.15) is 5.26 Å². The fraction of sp³-hybridized carbons (Fsp3) is 0.370. The lowest BCUT2D eigenvalue weighted by molar-refractivity contribution is -0.250. The Balaban J connectivity index is 1.70. The number of thiocarbonyl (C=S) groups is 1. The molecule has 8 nitrogen and oxygen atoms in total. The molecule has 0 radical (unpaired) electrons. The lowest BCUT2D eigenvalue weighted by atomic mass is 9.80. The molecular formula is C27H28N2O6S. The van der Waals surface area contributed by atoms with Crippen molar-refractivity contribution in [1.82, 2.24) is 0 Å². The predicted molar refractivity (Wildman–Crippen MR) is 135 cm³/mol. The number of carbonyl (C=O) groups is 1. The maximum Gasteiger partial charge on any atom is 0.345 e. The second-order valence-electron chi connectivity index (χ2n) is 8.85. The number of benzene rings is 2. The van der Waals surface area contributed by atoms with E-state index in [1.807, 2.05) is 30.3 Å². The largest absolute Gasteiger partial charge is 0.493 e. The quantitative estimate of drug-likeness (QED) is 0.383. The van der Waals surface area contributed by atoms with E-state index >= 15 is 0 Å². The van der Waals surface area contributed by atoms with Crippen LogP contribution >= 0.6 is 12.2 Å². The molecule has 0 bridgehead atoms. The van der Waals surface area contributed by atoms with Crippen molar-refractivity contribution in [3.63, 3.8) is 0 Å². The third-order valence-electron chi connectivity index (χ3n) is 6.50. The fourth-order valence-corrected chi connectivity index (χ4v) is 4.87. The van der Waals surface area contributed by atoms with Crippen LogP contribution in [-0.4, -0.2) is 29.0 Å². The van der Waals surface area contributed by atoms with Gasteiger partial charge in [0.25, 0.3) is 11.7 Å². The second kappa shape index (κ2) is 10.9. The molecule has 0 aromatic heterocycles. The molecule has 1 heterocycles. The van der Waals surface area contributed by atoms with Crippen LogP contribution in [0.4, 0.5) is 0 Å². The Hall–Kier alpha value is -3.77. The molecule has 1 aliphatic heterocycles. The van der Waals surface area contributed by atoms with Crippen LogP contribution < -0.4 is 15.2 Å². The minimum atomic E-state index is -1.19. The Morgan fingerprint density at radius 3 is 2.50 bits per heavy atom. The van der Waals surface area contributed by atoms with Crippen molar-refractivity contribution in [2.75, 3.05) is 7.11 Å². The Bertz CT molecular complexity index is 1200. The van der Waals surface area contributed by atoms with Gasteiger partial charge in [-0.15, -0.1) is 0 Å². The number of rotatable bonds is 8. The van der Waals surface area contributed by atoms with Gasteiger partial charge < -0.3 is 29.8 Å². The molecule has 1 spiro atoms. The van der Waals surface area contributed by atoms with Crippen molar-refractivity contribution >= 4 is 23.2 Å². The van der Waals surface area contributed by atoms with E-state index in [9.17, 15) is 15.2 Å². The standard InChI is InChI=1S/C27H28N2O6S/c1-32-21-14-18(10-11-20(21)33-16-17-8-4-2-5-9-17)22(19(15-28)24(29)36)23-25(30)34-27(35-26(23)31)12-6-3-7-13-27/h2,4-5,8-11,14,19,22,30H,3,6-7,12-13,16H2,1H3,(H2,29,36). The highest BCUT2D eigenvalue weighted by Gasteiger charge is 2.48. The van der Waals surface area contributed by atoms with Gasteiger partial charge in [0.05, 0.1) is 18.2 Å². The van der Waals surface area contributed by atoms with Crippen LogP contribution in [0.15, 0.2) is 60.0 Å². The van der Waals surface area contributed by atoms with E-state index < -0.39 is 29.5 Å². The second-order valence-corrected chi connectivity index (χ2v) is 9.32. The molecule has 0 amide bonds. The third kappa shape index (κ3) is 5.24. The zero-order chi connectivity index (χ0) is 25.7. The van der Waals surface area contributed by atoms with E-state index in [1.54, 1.807) is 18.2 Å². The molecule has 2 unspecified atom stereocenters. The summed E-state index contributed by atoms with van der Waals surface area (Å²) in [6.45, 7) is 0.321. The first-order valence-corrected chi connectivity index (χ1v) is 12.2. The SMILES string of the molecule is COc1cc(C(C2=C(O)OC3(CCCCC3)OC2=O)C(C#N)C(N)=S)ccc1OCc1ccccc1. The van der Waals surface area contributed by atoms with Gasteiger partial charge in [-0.3, -0.25) is 0 Å². The summed E-state index contributed by atoms with van der Waals surface area (Å²) in [5, 5.41) is 20.8. The molecule has 3 N–H and O–H groups in total. The number of hydrogen-bond acceptors (Lipinski definition) is 8. The van der Waals surface area contributed by atoms with Gasteiger partial charge in [-0.05, 0) is 36.1 Å². The fourth-order valence-electron chi connectivity index (χ4n) is 4.68. The zero-order valence-electron chi connectivity index (χ0n) is 19.9. The highest BCUT2D eigenvalue weighted by Crippen LogP contribution is 2.45. The predicted octanol–water partition coefficient (Wildman–Crippen LogP) is 4.79. The summed E-state index contributed by atoms with van der Waals surface area (Å²) in [7, 11) is 1.49. The zero-order valence-corrected chi connectivity index (χ0v) is 20.8. The molecule has 1 fully saturated rings. The van der Waals surface area contributed by atoms with E-state index in [0.717, 1.165) is 24.8 Å². The molecule has 2 aromatic carbocycles. The van der Waals surface area contributed by atoms with Crippen molar-refractivity contribution in [3.8, 4) is 17.6 Å². The molecule has 1 aliphatic carbocycles. The van der Waals surface area contributed by atoms with Gasteiger partial charge in [-0.1, -0.05) is 55.0 Å². The van der Waals surface area contributed by atoms with Gasteiger partial charge in [0.1, 0.15) is 18.1 Å². The van der Waals surface area contributed by atoms with E-state index in [4.69, 9.17) is 36.9 Å². The van der Waals surface area contributed by atoms with Gasteiger partial charge in [-0.25, -0.2) is 4.79 Å². The number of nitriles is 1. The molecule has 0 saturated heterocycles. The van der Waals surface area contributed by atoms with Crippen molar-refractivity contribution < 1.29 is 28.8 Å². The van der Waals surface area contributed by atoms with Crippen LogP contribution in [0, 0.1) is 17.2 Å². The molecule has 2 atom stereocenters. The first-order valence-electron chi connectivity index (χ1n) is 11.8. The number of carbonyl (C=O) groups excluding carboxylic acids is 1. The number of esters is 1. The number of ether oxygens (including phenoxy) is 4. The van der Waals surface area contributed by atoms with Crippen LogP contribution in [0.5, 0.6) is 11.5 Å². The molecular weight excluding hydrogens is 480 g/mol. The average Bonchev–Trinajstić information content (AvgIpc) is 2.87. The van der Waals surface area contributed by atoms with Crippen molar-refractivity contribution in [2.45, 2.75) is 50.4 Å². The van der Waals surface area contributed by atoms with Crippen LogP contribution in [0.25, 0.3) is 0 Å². The van der Waals surface area contributed by atoms with Crippen molar-refractivity contribution in [1.29, 1.82) is 5.26 Å². The number of aliphatic hydroxyl groups is 1. The molecule has 1 saturated carbocycles. The maximum absolute atomic E-state index is 13.2. The number of hydrogen-bond donors (Lipinski definition) is 2. The monoisotopic (exact) mass is 508 g/mol. The summed E-state index contributed by atoms with van der Waals surface area (Å²) in [6.07, 6.45) is 3.60. The van der Waals surface area contributed by atoms with Gasteiger partial charge in [0.15, 0.2) is 11.5 Å². The summed E-state index contributed by atoms with van der Waals surface area (Å²) in [5.74, 6) is -3.83. The Kier molecular flexibility index (Phi) is 7.65. The first kappa shape index (κ1) is 25.3. The van der Waals surface area contributed by atoms with Crippen LogP contribution in [0.3, 0.4) is 0 Å². The highest BCUT2D eigenvalue weighted by atomic mass is 32.1. The van der Waals surface area contributed by atoms with E-state index in [1.165, 1.54) is 7.11 Å². The lowest BCUT2D eigenvalue weighted by Gasteiger charge is -2.40. The van der Waals surface area contributed by atoms with Crippen molar-refractivity contribution in [2.24, 2.45) is 11.7 Å². The average molecular weight is 509 g/mol. The third-order valence-corrected chi connectivity index (χ3v) is 6.75. The van der Waals surface area contributed by atoms with Crippen LogP contribution in [0.1, 0.15) is 49.1 Å². The summed E-state index contributed by atoms with van der Waals surface area (Å²) in [6, 6.07) is 16.7. The summed E-state index contributed by atoms with van der Waals surface area (Å²) >= 11 is 5.14. The number of aliphatic hydroxyl groups excluding tert-OH is 1.